The van der Waals surface area contributed by atoms with E-state index in [-0.39, 0.29) is 0 Å². The Labute approximate surface area is 158 Å². The summed E-state index contributed by atoms with van der Waals surface area (Å²) >= 11 is 1.52. The van der Waals surface area contributed by atoms with Crippen molar-refractivity contribution in [3.05, 3.63) is 42.0 Å². The van der Waals surface area contributed by atoms with Crippen molar-refractivity contribution in [3.8, 4) is 10.4 Å². The molecule has 6 nitrogen and oxygen atoms in total. The molecule has 0 bridgehead atoms. The Balaban J connectivity index is 1.52. The van der Waals surface area contributed by atoms with Gasteiger partial charge in [-0.25, -0.2) is 4.79 Å². The number of primary amides is 1. The number of hydrogen-bond acceptors (Lipinski definition) is 5. The highest BCUT2D eigenvalue weighted by Crippen LogP contribution is 2.31. The molecule has 1 aliphatic rings. The average Bonchev–Trinajstić information content (AvgIpc) is 3.09. The summed E-state index contributed by atoms with van der Waals surface area (Å²) in [6.07, 6.45) is 0. The number of rotatable bonds is 7. The number of nitrogens with one attached hydrogen (secondary N) is 1. The van der Waals surface area contributed by atoms with E-state index in [2.05, 4.69) is 39.4 Å². The molecule has 2 amide bonds. The Morgan fingerprint density at radius 3 is 2.46 bits per heavy atom. The van der Waals surface area contributed by atoms with Gasteiger partial charge < -0.3 is 10.5 Å². The fraction of sp³-hybridized carbons (Fsp3) is 0.421. The summed E-state index contributed by atoms with van der Waals surface area (Å²) in [6, 6.07) is 12.0. The van der Waals surface area contributed by atoms with Crippen LogP contribution in [-0.2, 0) is 11.3 Å². The number of carbonyl (C=O) groups is 1. The molecule has 0 atom stereocenters. The second kappa shape index (κ2) is 9.14. The third-order valence-corrected chi connectivity index (χ3v) is 5.62. The molecule has 3 N–H and O–H groups in total. The van der Waals surface area contributed by atoms with Crippen LogP contribution in [-0.4, -0.2) is 62.3 Å². The standard InChI is InChI=1S/C19H26N4O2S/c1-25-13-12-22-8-10-23(11-9-22)14-15-2-4-16(5-3-15)17-6-7-18(26-17)21-19(20)24/h2-7H,8-14H2,1H3,(H3,20,21,24). The van der Waals surface area contributed by atoms with Crippen molar-refractivity contribution in [3.63, 3.8) is 0 Å². The Morgan fingerprint density at radius 2 is 1.81 bits per heavy atom. The van der Waals surface area contributed by atoms with E-state index in [0.29, 0.717) is 0 Å². The lowest BCUT2D eigenvalue weighted by Crippen LogP contribution is -2.46. The van der Waals surface area contributed by atoms with E-state index in [4.69, 9.17) is 10.5 Å². The second-order valence-corrected chi connectivity index (χ2v) is 7.54. The van der Waals surface area contributed by atoms with E-state index in [9.17, 15) is 4.79 Å². The predicted molar refractivity (Wildman–Crippen MR) is 107 cm³/mol. The Bertz CT molecular complexity index is 709. The van der Waals surface area contributed by atoms with Crippen molar-refractivity contribution < 1.29 is 9.53 Å². The smallest absolute Gasteiger partial charge is 0.317 e. The lowest BCUT2D eigenvalue weighted by molar-refractivity contribution is 0.0938. The van der Waals surface area contributed by atoms with Crippen LogP contribution >= 0.6 is 11.3 Å². The number of benzene rings is 1. The van der Waals surface area contributed by atoms with Gasteiger partial charge in [0.1, 0.15) is 0 Å². The van der Waals surface area contributed by atoms with Crippen molar-refractivity contribution in [1.29, 1.82) is 0 Å². The van der Waals surface area contributed by atoms with E-state index < -0.39 is 6.03 Å². The Hall–Kier alpha value is -1.93. The summed E-state index contributed by atoms with van der Waals surface area (Å²) in [6.45, 7) is 7.21. The summed E-state index contributed by atoms with van der Waals surface area (Å²) < 4.78 is 5.15. The number of piperazine rings is 1. The topological polar surface area (TPSA) is 70.8 Å². The molecule has 26 heavy (non-hydrogen) atoms. The molecule has 1 aromatic heterocycles. The first-order valence-electron chi connectivity index (χ1n) is 8.83. The molecule has 1 aromatic carbocycles. The summed E-state index contributed by atoms with van der Waals surface area (Å²) in [5, 5.41) is 3.38. The van der Waals surface area contributed by atoms with Crippen LogP contribution in [0.3, 0.4) is 0 Å². The number of methoxy groups -OCH3 is 1. The third kappa shape index (κ3) is 5.28. The largest absolute Gasteiger partial charge is 0.383 e. The van der Waals surface area contributed by atoms with Gasteiger partial charge in [0.2, 0.25) is 0 Å². The minimum absolute atomic E-state index is 0.531. The minimum atomic E-state index is -0.531. The normalized spacial score (nSPS) is 15.9. The van der Waals surface area contributed by atoms with Gasteiger partial charge in [0.25, 0.3) is 0 Å². The van der Waals surface area contributed by atoms with Crippen LogP contribution in [0, 0.1) is 0 Å². The lowest BCUT2D eigenvalue weighted by Gasteiger charge is -2.34. The SMILES string of the molecule is COCCN1CCN(Cc2ccc(-c3ccc(NC(N)=O)s3)cc2)CC1. The van der Waals surface area contributed by atoms with Gasteiger partial charge in [-0.2, -0.15) is 0 Å². The van der Waals surface area contributed by atoms with Crippen molar-refractivity contribution in [1.82, 2.24) is 9.80 Å². The highest BCUT2D eigenvalue weighted by Gasteiger charge is 2.16. The maximum absolute atomic E-state index is 10.9. The second-order valence-electron chi connectivity index (χ2n) is 6.46. The van der Waals surface area contributed by atoms with Crippen LogP contribution in [0.4, 0.5) is 9.80 Å². The van der Waals surface area contributed by atoms with E-state index >= 15 is 0 Å². The molecule has 1 saturated heterocycles. The molecule has 2 aromatic rings. The van der Waals surface area contributed by atoms with E-state index in [1.54, 1.807) is 7.11 Å². The monoisotopic (exact) mass is 374 g/mol. The van der Waals surface area contributed by atoms with Gasteiger partial charge >= 0.3 is 6.03 Å². The van der Waals surface area contributed by atoms with Gasteiger partial charge in [0.15, 0.2) is 0 Å². The van der Waals surface area contributed by atoms with Crippen molar-refractivity contribution in [2.45, 2.75) is 6.54 Å². The molecule has 2 heterocycles. The number of ether oxygens (including phenoxy) is 1. The number of nitrogens with zero attached hydrogens (tertiary/aromatic N) is 2. The first-order valence-corrected chi connectivity index (χ1v) is 9.65. The van der Waals surface area contributed by atoms with Crippen molar-refractivity contribution in [2.24, 2.45) is 5.73 Å². The average molecular weight is 375 g/mol. The highest BCUT2D eigenvalue weighted by atomic mass is 32.1. The number of hydrogen-bond donors (Lipinski definition) is 2. The summed E-state index contributed by atoms with van der Waals surface area (Å²) in [5.41, 5.74) is 7.63. The van der Waals surface area contributed by atoms with Gasteiger partial charge in [-0.05, 0) is 23.3 Å². The van der Waals surface area contributed by atoms with Gasteiger partial charge in [0, 0.05) is 51.3 Å². The fourth-order valence-electron chi connectivity index (χ4n) is 3.11. The summed E-state index contributed by atoms with van der Waals surface area (Å²) in [7, 11) is 1.76. The molecule has 0 aliphatic carbocycles. The van der Waals surface area contributed by atoms with Gasteiger partial charge in [-0.1, -0.05) is 24.3 Å². The quantitative estimate of drug-likeness (QED) is 0.782. The predicted octanol–water partition coefficient (Wildman–Crippen LogP) is 2.67. The van der Waals surface area contributed by atoms with E-state index in [1.807, 2.05) is 12.1 Å². The first-order chi connectivity index (χ1) is 12.6. The third-order valence-electron chi connectivity index (χ3n) is 4.57. The number of nitrogens with two attached hydrogens (primary N) is 1. The maximum atomic E-state index is 10.9. The highest BCUT2D eigenvalue weighted by molar-refractivity contribution is 7.19. The van der Waals surface area contributed by atoms with Crippen molar-refractivity contribution >= 4 is 22.4 Å². The molecular weight excluding hydrogens is 348 g/mol. The van der Waals surface area contributed by atoms with E-state index in [1.165, 1.54) is 16.9 Å². The molecule has 1 fully saturated rings. The molecule has 0 radical (unpaired) electrons. The van der Waals surface area contributed by atoms with Crippen molar-refractivity contribution in [2.75, 3.05) is 51.8 Å². The molecule has 1 aliphatic heterocycles. The molecule has 0 unspecified atom stereocenters. The summed E-state index contributed by atoms with van der Waals surface area (Å²) in [4.78, 5) is 17.0. The van der Waals surface area contributed by atoms with Crippen LogP contribution in [0.2, 0.25) is 0 Å². The van der Waals surface area contributed by atoms with Crippen LogP contribution in [0.1, 0.15) is 5.56 Å². The number of anilines is 1. The number of thiophene rings is 1. The van der Waals surface area contributed by atoms with Gasteiger partial charge in [-0.3, -0.25) is 15.1 Å². The van der Waals surface area contributed by atoms with Gasteiger partial charge in [-0.15, -0.1) is 11.3 Å². The zero-order chi connectivity index (χ0) is 18.4. The Kier molecular flexibility index (Phi) is 6.62. The lowest BCUT2D eigenvalue weighted by atomic mass is 10.1. The van der Waals surface area contributed by atoms with Crippen LogP contribution in [0.25, 0.3) is 10.4 Å². The first kappa shape index (κ1) is 18.8. The fourth-order valence-corrected chi connectivity index (χ4v) is 4.02. The number of urea groups is 1. The molecule has 0 saturated carbocycles. The van der Waals surface area contributed by atoms with Crippen LogP contribution in [0.15, 0.2) is 36.4 Å². The molecule has 3 rings (SSSR count). The van der Waals surface area contributed by atoms with E-state index in [0.717, 1.165) is 61.3 Å². The van der Waals surface area contributed by atoms with Crippen LogP contribution in [0.5, 0.6) is 0 Å². The molecule has 0 spiro atoms. The minimum Gasteiger partial charge on any atom is -0.383 e. The Morgan fingerprint density at radius 1 is 1.12 bits per heavy atom. The maximum Gasteiger partial charge on any atom is 0.317 e. The van der Waals surface area contributed by atoms with Gasteiger partial charge in [0.05, 0.1) is 11.6 Å². The number of carbonyl (C=O) groups excluding carboxylic acids is 1. The van der Waals surface area contributed by atoms with Crippen LogP contribution < -0.4 is 11.1 Å². The summed E-state index contributed by atoms with van der Waals surface area (Å²) in [5.74, 6) is 0. The number of amides is 2. The zero-order valence-electron chi connectivity index (χ0n) is 15.1. The molecule has 7 heteroatoms. The molecular formula is C19H26N4O2S. The molecule has 140 valence electrons. The zero-order valence-corrected chi connectivity index (χ0v) is 15.9.